The summed E-state index contributed by atoms with van der Waals surface area (Å²) in [6, 6.07) is 11.5. The second-order valence-electron chi connectivity index (χ2n) is 4.55. The number of hydrogen-bond donors (Lipinski definition) is 0. The highest BCUT2D eigenvalue weighted by Gasteiger charge is 2.47. The second-order valence-corrected chi connectivity index (χ2v) is 9.37. The Morgan fingerprint density at radius 2 is 1.12 bits per heavy atom. The Hall–Kier alpha value is -1.80. The summed E-state index contributed by atoms with van der Waals surface area (Å²) >= 11 is -4.24. The Morgan fingerprint density at radius 3 is 1.42 bits per heavy atom. The Bertz CT molecular complexity index is 923. The lowest BCUT2D eigenvalue weighted by atomic mass is 10.4. The molecule has 1 unspecified atom stereocenters. The van der Waals surface area contributed by atoms with E-state index in [-0.39, 0.29) is 0 Å². The maximum Gasteiger partial charge on any atom is 0.498 e. The van der Waals surface area contributed by atoms with Crippen LogP contribution in [0.2, 0.25) is 0 Å². The van der Waals surface area contributed by atoms with Gasteiger partial charge in [0.05, 0.1) is 13.7 Å². The summed E-state index contributed by atoms with van der Waals surface area (Å²) in [6.07, 6.45) is 0. The van der Waals surface area contributed by atoms with Crippen molar-refractivity contribution >= 4 is 31.1 Å². The van der Waals surface area contributed by atoms with Crippen LogP contribution in [0.3, 0.4) is 0 Å². The van der Waals surface area contributed by atoms with Crippen molar-refractivity contribution in [3.63, 3.8) is 0 Å². The standard InChI is InChI=1S/C13H10F3NO6S3/c14-13(15,16)24(18)23-17(25(19,20)11-7-3-1-4-8-11)26(21,22)12-9-5-2-6-10-12/h1-10H. The Labute approximate surface area is 149 Å². The summed E-state index contributed by atoms with van der Waals surface area (Å²) in [5.41, 5.74) is -5.50. The summed E-state index contributed by atoms with van der Waals surface area (Å²) in [6.45, 7) is 0. The molecule has 142 valence electrons. The van der Waals surface area contributed by atoms with E-state index < -0.39 is 50.3 Å². The molecule has 7 nitrogen and oxygen atoms in total. The van der Waals surface area contributed by atoms with Crippen LogP contribution in [0.25, 0.3) is 0 Å². The van der Waals surface area contributed by atoms with Crippen molar-refractivity contribution in [1.82, 2.24) is 3.87 Å². The van der Waals surface area contributed by atoms with Gasteiger partial charge in [-0.3, -0.25) is 0 Å². The number of hydrogen-bond acceptors (Lipinski definition) is 6. The molecule has 13 heteroatoms. The van der Waals surface area contributed by atoms with Gasteiger partial charge in [0.15, 0.2) is 0 Å². The maximum atomic E-state index is 12.5. The number of rotatable bonds is 6. The Kier molecular flexibility index (Phi) is 5.87. The second kappa shape index (κ2) is 7.44. The van der Waals surface area contributed by atoms with E-state index in [2.05, 4.69) is 4.28 Å². The van der Waals surface area contributed by atoms with Gasteiger partial charge < -0.3 is 0 Å². The molecule has 0 N–H and O–H groups in total. The van der Waals surface area contributed by atoms with Crippen LogP contribution in [-0.2, 0) is 35.4 Å². The first kappa shape index (κ1) is 20.5. The number of halogens is 3. The molecule has 0 spiro atoms. The Balaban J connectivity index is 2.62. The minimum absolute atomic E-state index is 0.668. The Morgan fingerprint density at radius 1 is 0.769 bits per heavy atom. The van der Waals surface area contributed by atoms with Crippen LogP contribution in [0.5, 0.6) is 0 Å². The molecule has 0 heterocycles. The van der Waals surface area contributed by atoms with E-state index >= 15 is 0 Å². The maximum absolute atomic E-state index is 12.5. The van der Waals surface area contributed by atoms with E-state index in [1.807, 2.05) is 0 Å². The van der Waals surface area contributed by atoms with E-state index in [0.717, 1.165) is 24.3 Å². The molecule has 0 fully saturated rings. The third-order valence-electron chi connectivity index (χ3n) is 2.79. The first-order chi connectivity index (χ1) is 12.0. The van der Waals surface area contributed by atoms with Crippen LogP contribution in [0, 0.1) is 0 Å². The molecule has 0 saturated heterocycles. The third kappa shape index (κ3) is 4.29. The summed E-state index contributed by atoms with van der Waals surface area (Å²) in [4.78, 5) is -1.34. The van der Waals surface area contributed by atoms with Crippen molar-refractivity contribution in [2.75, 3.05) is 0 Å². The fourth-order valence-electron chi connectivity index (χ4n) is 1.66. The van der Waals surface area contributed by atoms with Crippen molar-refractivity contribution in [1.29, 1.82) is 0 Å². The smallest absolute Gasteiger partial charge is 0.218 e. The number of alkyl halides is 3. The molecule has 0 radical (unpaired) electrons. The van der Waals surface area contributed by atoms with E-state index in [9.17, 15) is 34.2 Å². The minimum Gasteiger partial charge on any atom is -0.218 e. The van der Waals surface area contributed by atoms with Crippen LogP contribution in [0.4, 0.5) is 13.2 Å². The number of nitrogens with zero attached hydrogens (tertiary/aromatic N) is 1. The zero-order valence-electron chi connectivity index (χ0n) is 12.5. The predicted octanol–water partition coefficient (Wildman–Crippen LogP) is 2.18. The monoisotopic (exact) mass is 429 g/mol. The fraction of sp³-hybridized carbons (Fsp3) is 0.0769. The van der Waals surface area contributed by atoms with Gasteiger partial charge >= 0.3 is 5.51 Å². The molecule has 1 atom stereocenters. The lowest BCUT2D eigenvalue weighted by Gasteiger charge is -2.20. The average Bonchev–Trinajstić information content (AvgIpc) is 2.59. The van der Waals surface area contributed by atoms with E-state index in [1.54, 1.807) is 0 Å². The van der Waals surface area contributed by atoms with Crippen LogP contribution < -0.4 is 0 Å². The van der Waals surface area contributed by atoms with Crippen LogP contribution in [0.15, 0.2) is 70.5 Å². The molecule has 2 rings (SSSR count). The van der Waals surface area contributed by atoms with Crippen molar-refractivity contribution < 1.29 is 38.5 Å². The molecule has 26 heavy (non-hydrogen) atoms. The van der Waals surface area contributed by atoms with Crippen molar-refractivity contribution in [3.05, 3.63) is 60.7 Å². The van der Waals surface area contributed by atoms with Gasteiger partial charge in [-0.2, -0.15) is 17.5 Å². The normalized spacial score (nSPS) is 14.3. The van der Waals surface area contributed by atoms with Crippen molar-refractivity contribution in [2.24, 2.45) is 0 Å². The molecule has 0 saturated carbocycles. The van der Waals surface area contributed by atoms with Gasteiger partial charge in [0.25, 0.3) is 31.1 Å². The van der Waals surface area contributed by atoms with Crippen molar-refractivity contribution in [2.45, 2.75) is 15.3 Å². The quantitative estimate of drug-likeness (QED) is 0.653. The van der Waals surface area contributed by atoms with Gasteiger partial charge in [0.1, 0.15) is 0 Å². The molecular formula is C13H10F3NO6S3. The molecule has 2 aromatic rings. The highest BCUT2D eigenvalue weighted by Crippen LogP contribution is 2.29. The summed E-state index contributed by atoms with van der Waals surface area (Å²) in [7, 11) is -10.3. The van der Waals surface area contributed by atoms with Crippen molar-refractivity contribution in [3.8, 4) is 0 Å². The lowest BCUT2D eigenvalue weighted by Crippen LogP contribution is -2.39. The fourth-order valence-corrected chi connectivity index (χ4v) is 5.73. The topological polar surface area (TPSA) is 97.8 Å². The molecule has 0 amide bonds. The van der Waals surface area contributed by atoms with E-state index in [4.69, 9.17) is 0 Å². The molecule has 0 aromatic heterocycles. The summed E-state index contributed by atoms with van der Waals surface area (Å²) < 4.78 is 102. The first-order valence-electron chi connectivity index (χ1n) is 6.55. The minimum atomic E-state index is -5.50. The average molecular weight is 429 g/mol. The SMILES string of the molecule is O=S(ON(S(=O)(=O)c1ccccc1)S(=O)(=O)c1ccccc1)C(F)(F)F. The van der Waals surface area contributed by atoms with Gasteiger partial charge in [-0.25, -0.2) is 21.0 Å². The van der Waals surface area contributed by atoms with Gasteiger partial charge in [-0.1, -0.05) is 36.4 Å². The highest BCUT2D eigenvalue weighted by molar-refractivity contribution is 8.04. The van der Waals surface area contributed by atoms with E-state index in [1.165, 1.54) is 36.4 Å². The zero-order valence-corrected chi connectivity index (χ0v) is 15.0. The number of benzene rings is 2. The lowest BCUT2D eigenvalue weighted by molar-refractivity contribution is -0.0542. The third-order valence-corrected chi connectivity index (χ3v) is 7.49. The highest BCUT2D eigenvalue weighted by atomic mass is 32.3. The molecule has 2 aromatic carbocycles. The van der Waals surface area contributed by atoms with E-state index in [0.29, 0.717) is 0 Å². The van der Waals surface area contributed by atoms with Crippen LogP contribution in [0.1, 0.15) is 0 Å². The van der Waals surface area contributed by atoms with Gasteiger partial charge in [-0.05, 0) is 24.3 Å². The molecule has 0 aliphatic rings. The zero-order chi connectivity index (χ0) is 19.6. The van der Waals surface area contributed by atoms with Gasteiger partial charge in [0.2, 0.25) is 0 Å². The summed E-state index contributed by atoms with van der Waals surface area (Å²) in [5, 5.41) is 0. The summed E-state index contributed by atoms with van der Waals surface area (Å²) in [5.74, 6) is 0. The van der Waals surface area contributed by atoms with Gasteiger partial charge in [-0.15, -0.1) is 0 Å². The van der Waals surface area contributed by atoms with Gasteiger partial charge in [0, 0.05) is 0 Å². The molecule has 0 bridgehead atoms. The molecule has 0 aliphatic carbocycles. The molecular weight excluding hydrogens is 419 g/mol. The predicted molar refractivity (Wildman–Crippen MR) is 84.4 cm³/mol. The van der Waals surface area contributed by atoms with Crippen LogP contribution >= 0.6 is 0 Å². The molecule has 0 aliphatic heterocycles. The number of sulfonamides is 2. The van der Waals surface area contributed by atoms with Crippen LogP contribution in [-0.4, -0.2) is 30.4 Å². The largest absolute Gasteiger partial charge is 0.498 e. The first-order valence-corrected chi connectivity index (χ1v) is 10.5.